The minimum atomic E-state index is -0.446. The average Bonchev–Trinajstić information content (AvgIpc) is 2.13. The number of ether oxygens (including phenoxy) is 1. The van der Waals surface area contributed by atoms with E-state index in [2.05, 4.69) is 34.4 Å². The molecule has 0 saturated carbocycles. The van der Waals surface area contributed by atoms with E-state index < -0.39 is 5.92 Å². The van der Waals surface area contributed by atoms with E-state index in [0.29, 0.717) is 22.6 Å². The van der Waals surface area contributed by atoms with E-state index in [1.807, 2.05) is 0 Å². The van der Waals surface area contributed by atoms with E-state index in [9.17, 15) is 4.79 Å². The highest BCUT2D eigenvalue weighted by Gasteiger charge is 2.21. The van der Waals surface area contributed by atoms with Crippen molar-refractivity contribution in [2.75, 3.05) is 6.61 Å². The second-order valence-electron chi connectivity index (χ2n) is 2.75. The van der Waals surface area contributed by atoms with Gasteiger partial charge in [0.05, 0.1) is 12.5 Å². The summed E-state index contributed by atoms with van der Waals surface area (Å²) in [5.41, 5.74) is 0.509. The van der Waals surface area contributed by atoms with E-state index >= 15 is 0 Å². The van der Waals surface area contributed by atoms with Gasteiger partial charge in [0.2, 0.25) is 0 Å². The highest BCUT2D eigenvalue weighted by atomic mass is 79.9. The molecule has 0 spiro atoms. The Morgan fingerprint density at radius 2 is 2.33 bits per heavy atom. The summed E-state index contributed by atoms with van der Waals surface area (Å²) in [5, 5.41) is 2.77. The number of carbonyl (C=O) groups excluding carboxylic acids is 1. The molecular weight excluding hydrogens is 278 g/mol. The molecule has 84 valence electrons. The summed E-state index contributed by atoms with van der Waals surface area (Å²) in [7, 11) is 0. The Labute approximate surface area is 104 Å². The van der Waals surface area contributed by atoms with E-state index in [4.69, 9.17) is 17.0 Å². The predicted molar refractivity (Wildman–Crippen MR) is 68.7 cm³/mol. The Morgan fingerprint density at radius 1 is 1.73 bits per heavy atom. The van der Waals surface area contributed by atoms with Crippen LogP contribution < -0.4 is 5.32 Å². The molecule has 0 aliphatic heterocycles. The Balaban J connectivity index is 4.49. The van der Waals surface area contributed by atoms with Crippen molar-refractivity contribution in [3.8, 4) is 0 Å². The maximum absolute atomic E-state index is 11.5. The summed E-state index contributed by atoms with van der Waals surface area (Å²) in [6.07, 6.45) is 2.12. The highest BCUT2D eigenvalue weighted by molar-refractivity contribution is 9.20. The summed E-state index contributed by atoms with van der Waals surface area (Å²) >= 11 is 7.86. The fourth-order valence-corrected chi connectivity index (χ4v) is 1.39. The fourth-order valence-electron chi connectivity index (χ4n) is 1.00. The summed E-state index contributed by atoms with van der Waals surface area (Å²) in [5.74, 6) is -0.767. The van der Waals surface area contributed by atoms with Crippen LogP contribution in [0, 0.1) is 5.92 Å². The first-order chi connectivity index (χ1) is 7.02. The van der Waals surface area contributed by atoms with Gasteiger partial charge in [0.15, 0.2) is 0 Å². The van der Waals surface area contributed by atoms with Crippen molar-refractivity contribution in [1.29, 1.82) is 0 Å². The minimum Gasteiger partial charge on any atom is -0.465 e. The molecular formula is C10H14BrNO2S. The number of thiocarbonyl (C=S) groups is 1. The second kappa shape index (κ2) is 7.59. The van der Waals surface area contributed by atoms with Crippen molar-refractivity contribution in [2.45, 2.75) is 13.3 Å². The molecule has 0 fully saturated rings. The number of halogens is 1. The zero-order valence-corrected chi connectivity index (χ0v) is 11.0. The first-order valence-electron chi connectivity index (χ1n) is 4.45. The molecule has 0 amide bonds. The van der Waals surface area contributed by atoms with Crippen molar-refractivity contribution < 1.29 is 9.53 Å². The number of hydrogen-bond acceptors (Lipinski definition) is 3. The van der Waals surface area contributed by atoms with Gasteiger partial charge in [0.1, 0.15) is 3.90 Å². The second-order valence-corrected chi connectivity index (χ2v) is 4.48. The molecule has 0 aliphatic carbocycles. The number of allylic oxidation sites excluding steroid dienone is 1. The number of hydrogen-bond donors (Lipinski definition) is 1. The molecule has 15 heavy (non-hydrogen) atoms. The molecule has 3 nitrogen and oxygen atoms in total. The van der Waals surface area contributed by atoms with Crippen LogP contribution in [0.25, 0.3) is 0 Å². The first-order valence-corrected chi connectivity index (χ1v) is 5.65. The van der Waals surface area contributed by atoms with Crippen LogP contribution in [0.5, 0.6) is 0 Å². The number of carbonyl (C=O) groups is 1. The van der Waals surface area contributed by atoms with Crippen molar-refractivity contribution in [2.24, 2.45) is 5.92 Å². The van der Waals surface area contributed by atoms with E-state index in [1.54, 1.807) is 13.0 Å². The van der Waals surface area contributed by atoms with Gasteiger partial charge in [-0.25, -0.2) is 0 Å². The van der Waals surface area contributed by atoms with Gasteiger partial charge in [0.25, 0.3) is 0 Å². The third kappa shape index (κ3) is 5.69. The monoisotopic (exact) mass is 291 g/mol. The van der Waals surface area contributed by atoms with Crippen molar-refractivity contribution >= 4 is 38.0 Å². The van der Waals surface area contributed by atoms with Crippen molar-refractivity contribution in [3.63, 3.8) is 0 Å². The maximum atomic E-state index is 11.5. The largest absolute Gasteiger partial charge is 0.465 e. The highest BCUT2D eigenvalue weighted by Crippen LogP contribution is 2.14. The molecule has 0 rings (SSSR count). The van der Waals surface area contributed by atoms with Crippen LogP contribution in [0.1, 0.15) is 13.3 Å². The van der Waals surface area contributed by atoms with Crippen LogP contribution in [0.4, 0.5) is 0 Å². The minimum absolute atomic E-state index is 0.321. The molecule has 0 bridgehead atoms. The zero-order chi connectivity index (χ0) is 11.8. The van der Waals surface area contributed by atoms with E-state index in [-0.39, 0.29) is 5.97 Å². The Bertz CT molecular complexity index is 279. The van der Waals surface area contributed by atoms with Gasteiger partial charge in [-0.05, 0) is 29.3 Å². The van der Waals surface area contributed by atoms with Gasteiger partial charge < -0.3 is 10.1 Å². The lowest BCUT2D eigenvalue weighted by Crippen LogP contribution is -2.28. The van der Waals surface area contributed by atoms with Crippen molar-refractivity contribution in [1.82, 2.24) is 5.32 Å². The van der Waals surface area contributed by atoms with Gasteiger partial charge >= 0.3 is 5.97 Å². The topological polar surface area (TPSA) is 38.3 Å². The van der Waals surface area contributed by atoms with Crippen molar-refractivity contribution in [3.05, 3.63) is 24.9 Å². The molecule has 5 heteroatoms. The average molecular weight is 292 g/mol. The number of rotatable bonds is 6. The lowest BCUT2D eigenvalue weighted by Gasteiger charge is -2.16. The van der Waals surface area contributed by atoms with E-state index in [0.717, 1.165) is 0 Å². The van der Waals surface area contributed by atoms with Crippen LogP contribution in [0.3, 0.4) is 0 Å². The Kier molecular flexibility index (Phi) is 7.25. The van der Waals surface area contributed by atoms with E-state index in [1.165, 1.54) is 0 Å². The van der Waals surface area contributed by atoms with Gasteiger partial charge in [-0.15, -0.1) is 6.58 Å². The van der Waals surface area contributed by atoms with Crippen LogP contribution >= 0.6 is 28.1 Å². The standard InChI is InChI=1S/C10H14BrNO2S/c1-4-6-8(9(13)14-5-2)7(3)12-10(11)15/h4,8H,1,3,5-6H2,2H3,(H,12,15). The van der Waals surface area contributed by atoms with Gasteiger partial charge in [-0.1, -0.05) is 24.9 Å². The summed E-state index contributed by atoms with van der Waals surface area (Å²) in [4.78, 5) is 11.5. The van der Waals surface area contributed by atoms with Gasteiger partial charge in [-0.2, -0.15) is 0 Å². The summed E-state index contributed by atoms with van der Waals surface area (Å²) < 4.78 is 5.31. The zero-order valence-electron chi connectivity index (χ0n) is 8.59. The predicted octanol–water partition coefficient (Wildman–Crippen LogP) is 2.52. The molecule has 1 atom stereocenters. The van der Waals surface area contributed by atoms with Crippen LogP contribution in [-0.2, 0) is 9.53 Å². The molecule has 1 N–H and O–H groups in total. The van der Waals surface area contributed by atoms with Gasteiger partial charge in [0, 0.05) is 5.70 Å². The first kappa shape index (κ1) is 14.3. The molecule has 0 aliphatic rings. The lowest BCUT2D eigenvalue weighted by molar-refractivity contribution is -0.146. The Hall–Kier alpha value is -0.680. The third-order valence-corrected chi connectivity index (χ3v) is 1.95. The quantitative estimate of drug-likeness (QED) is 0.268. The molecule has 0 aromatic rings. The number of esters is 1. The molecule has 0 radical (unpaired) electrons. The maximum Gasteiger partial charge on any atom is 0.315 e. The molecule has 1 unspecified atom stereocenters. The van der Waals surface area contributed by atoms with Crippen LogP contribution in [0.2, 0.25) is 0 Å². The molecule has 0 aromatic heterocycles. The molecule has 0 saturated heterocycles. The van der Waals surface area contributed by atoms with Crippen LogP contribution in [0.15, 0.2) is 24.9 Å². The SMILES string of the molecule is C=CCC(C(=C)NC(=S)Br)C(=O)OCC. The van der Waals surface area contributed by atoms with Crippen LogP contribution in [-0.4, -0.2) is 16.5 Å². The third-order valence-electron chi connectivity index (χ3n) is 1.65. The molecule has 0 heterocycles. The summed E-state index contributed by atoms with van der Waals surface area (Å²) in [6.45, 7) is 9.43. The summed E-state index contributed by atoms with van der Waals surface area (Å²) in [6, 6.07) is 0. The Morgan fingerprint density at radius 3 is 2.73 bits per heavy atom. The lowest BCUT2D eigenvalue weighted by atomic mass is 10.0. The number of nitrogens with one attached hydrogen (secondary N) is 1. The normalized spacial score (nSPS) is 11.3. The van der Waals surface area contributed by atoms with Gasteiger partial charge in [-0.3, -0.25) is 4.79 Å². The molecule has 0 aromatic carbocycles. The smallest absolute Gasteiger partial charge is 0.315 e. The fraction of sp³-hybridized carbons (Fsp3) is 0.400.